The van der Waals surface area contributed by atoms with Crippen molar-refractivity contribution >= 4 is 82.6 Å². The zero-order chi connectivity index (χ0) is 27.7. The summed E-state index contributed by atoms with van der Waals surface area (Å²) in [6, 6.07) is 17.6. The van der Waals surface area contributed by atoms with Gasteiger partial charge in [-0.2, -0.15) is 0 Å². The van der Waals surface area contributed by atoms with Crippen LogP contribution in [0.15, 0.2) is 104 Å². The minimum Gasteiger partial charge on any atom is -0.454 e. The molecule has 13 heteroatoms. The molecule has 9 nitrogen and oxygen atoms in total. The standard InChI is InChI=1S/C27H19N5O4S4/c1-2-14-32-25(33)23(16-18-9-12-21(36-18)24-30-20-5-3-4-6-22(20)38-24)39-27(32)29-17-7-10-19(11-8-17)40(34,35)31-26-28-13-15-37-26/h2-13,15-16H,1,14H2,(H,28,31)/b23-16-,29-27?. The van der Waals surface area contributed by atoms with Gasteiger partial charge in [0.2, 0.25) is 0 Å². The fourth-order valence-corrected chi connectivity index (χ4v) is 7.50. The van der Waals surface area contributed by atoms with Crippen LogP contribution in [0.25, 0.3) is 27.1 Å². The van der Waals surface area contributed by atoms with Gasteiger partial charge in [0.05, 0.1) is 25.7 Å². The fraction of sp³-hybridized carbons (Fsp3) is 0.0370. The number of rotatable bonds is 8. The highest BCUT2D eigenvalue weighted by molar-refractivity contribution is 8.18. The van der Waals surface area contributed by atoms with Gasteiger partial charge in [-0.1, -0.05) is 18.2 Å². The van der Waals surface area contributed by atoms with Crippen LogP contribution in [0.5, 0.6) is 0 Å². The van der Waals surface area contributed by atoms with Crippen molar-refractivity contribution in [1.82, 2.24) is 14.9 Å². The lowest BCUT2D eigenvalue weighted by Gasteiger charge is -2.12. The fourth-order valence-electron chi connectivity index (χ4n) is 3.79. The van der Waals surface area contributed by atoms with E-state index in [0.29, 0.717) is 27.3 Å². The Morgan fingerprint density at radius 1 is 1.10 bits per heavy atom. The summed E-state index contributed by atoms with van der Waals surface area (Å²) in [7, 11) is -3.78. The number of carbonyl (C=O) groups excluding carboxylic acids is 1. The minimum atomic E-state index is -3.78. The number of anilines is 1. The number of hydrogen-bond acceptors (Lipinski definition) is 10. The molecule has 2 aromatic carbocycles. The number of para-hydroxylation sites is 1. The van der Waals surface area contributed by atoms with Crippen molar-refractivity contribution in [3.63, 3.8) is 0 Å². The van der Waals surface area contributed by atoms with Gasteiger partial charge >= 0.3 is 0 Å². The molecular weight excluding hydrogens is 587 g/mol. The van der Waals surface area contributed by atoms with E-state index in [0.717, 1.165) is 15.2 Å². The quantitative estimate of drug-likeness (QED) is 0.156. The van der Waals surface area contributed by atoms with E-state index in [-0.39, 0.29) is 22.5 Å². The molecule has 0 saturated carbocycles. The third kappa shape index (κ3) is 5.36. The van der Waals surface area contributed by atoms with Gasteiger partial charge in [0.15, 0.2) is 21.1 Å². The summed E-state index contributed by atoms with van der Waals surface area (Å²) >= 11 is 3.93. The Morgan fingerprint density at radius 2 is 1.93 bits per heavy atom. The topological polar surface area (TPSA) is 118 Å². The third-order valence-electron chi connectivity index (χ3n) is 5.63. The second kappa shape index (κ2) is 10.8. The molecule has 3 aromatic heterocycles. The number of carbonyl (C=O) groups is 1. The van der Waals surface area contributed by atoms with Gasteiger partial charge in [-0.05, 0) is 60.3 Å². The maximum Gasteiger partial charge on any atom is 0.267 e. The van der Waals surface area contributed by atoms with Crippen molar-refractivity contribution in [3.05, 3.63) is 95.6 Å². The molecule has 6 rings (SSSR count). The molecule has 0 atom stereocenters. The number of thioether (sulfide) groups is 1. The lowest BCUT2D eigenvalue weighted by Crippen LogP contribution is -2.29. The number of furan rings is 1. The molecule has 0 spiro atoms. The number of nitrogens with zero attached hydrogens (tertiary/aromatic N) is 4. The Bertz CT molecular complexity index is 1860. The van der Waals surface area contributed by atoms with E-state index in [1.165, 1.54) is 57.7 Å². The second-order valence-corrected chi connectivity index (χ2v) is 13.0. The molecule has 0 aliphatic carbocycles. The van der Waals surface area contributed by atoms with Crippen molar-refractivity contribution in [2.24, 2.45) is 4.99 Å². The normalized spacial score (nSPS) is 15.9. The first-order valence-electron chi connectivity index (χ1n) is 11.8. The number of nitrogens with one attached hydrogen (secondary N) is 1. The summed E-state index contributed by atoms with van der Waals surface area (Å²) in [5.74, 6) is 0.917. The summed E-state index contributed by atoms with van der Waals surface area (Å²) in [5.41, 5.74) is 1.40. The van der Waals surface area contributed by atoms with E-state index < -0.39 is 10.0 Å². The summed E-state index contributed by atoms with van der Waals surface area (Å²) in [5, 5.41) is 3.18. The van der Waals surface area contributed by atoms with Crippen LogP contribution >= 0.6 is 34.4 Å². The van der Waals surface area contributed by atoms with Gasteiger partial charge in [0.1, 0.15) is 5.76 Å². The van der Waals surface area contributed by atoms with Crippen LogP contribution in [0.2, 0.25) is 0 Å². The van der Waals surface area contributed by atoms with Gasteiger partial charge in [-0.25, -0.2) is 23.4 Å². The van der Waals surface area contributed by atoms with E-state index >= 15 is 0 Å². The number of aromatic nitrogens is 2. The predicted molar refractivity (Wildman–Crippen MR) is 161 cm³/mol. The van der Waals surface area contributed by atoms with Gasteiger partial charge in [0.25, 0.3) is 15.9 Å². The number of sulfonamides is 1. The number of benzene rings is 2. The predicted octanol–water partition coefficient (Wildman–Crippen LogP) is 6.60. The van der Waals surface area contributed by atoms with Crippen LogP contribution in [-0.2, 0) is 14.8 Å². The van der Waals surface area contributed by atoms with E-state index in [2.05, 4.69) is 26.3 Å². The molecule has 1 saturated heterocycles. The van der Waals surface area contributed by atoms with E-state index in [1.54, 1.807) is 35.7 Å². The average molecular weight is 606 g/mol. The van der Waals surface area contributed by atoms with Gasteiger partial charge in [-0.15, -0.1) is 29.3 Å². The molecule has 1 amide bonds. The lowest BCUT2D eigenvalue weighted by molar-refractivity contribution is -0.121. The van der Waals surface area contributed by atoms with Gasteiger partial charge < -0.3 is 4.42 Å². The third-order valence-corrected chi connectivity index (χ3v) is 9.86. The largest absolute Gasteiger partial charge is 0.454 e. The van der Waals surface area contributed by atoms with Crippen molar-refractivity contribution in [2.75, 3.05) is 11.3 Å². The van der Waals surface area contributed by atoms with Crippen molar-refractivity contribution in [2.45, 2.75) is 4.90 Å². The zero-order valence-corrected chi connectivity index (χ0v) is 23.8. The first-order chi connectivity index (χ1) is 19.4. The molecule has 0 radical (unpaired) electrons. The second-order valence-electron chi connectivity index (χ2n) is 8.33. The maximum atomic E-state index is 13.2. The number of amides is 1. The minimum absolute atomic E-state index is 0.0760. The molecule has 1 fully saturated rings. The summed E-state index contributed by atoms with van der Waals surface area (Å²) in [6.45, 7) is 4.02. The molecular formula is C27H19N5O4S4. The van der Waals surface area contributed by atoms with E-state index in [4.69, 9.17) is 4.42 Å². The Hall–Kier alpha value is -4.04. The van der Waals surface area contributed by atoms with Crippen LogP contribution in [0, 0.1) is 0 Å². The van der Waals surface area contributed by atoms with Crippen molar-refractivity contribution < 1.29 is 17.6 Å². The van der Waals surface area contributed by atoms with Crippen LogP contribution in [0.1, 0.15) is 5.76 Å². The number of thiazole rings is 2. The molecule has 0 unspecified atom stereocenters. The Balaban J connectivity index is 1.23. The first-order valence-corrected chi connectivity index (χ1v) is 15.8. The zero-order valence-electron chi connectivity index (χ0n) is 20.6. The van der Waals surface area contributed by atoms with E-state index in [1.807, 2.05) is 30.3 Å². The first kappa shape index (κ1) is 26.2. The Morgan fingerprint density at radius 3 is 2.67 bits per heavy atom. The van der Waals surface area contributed by atoms with E-state index in [9.17, 15) is 13.2 Å². The van der Waals surface area contributed by atoms with Gasteiger partial charge in [0, 0.05) is 24.2 Å². The number of hydrogen-bond donors (Lipinski definition) is 1. The molecule has 4 heterocycles. The highest BCUT2D eigenvalue weighted by Crippen LogP contribution is 2.36. The average Bonchev–Trinajstić information content (AvgIpc) is 3.74. The molecule has 0 bridgehead atoms. The molecule has 1 aliphatic heterocycles. The number of aliphatic imine (C=N–C) groups is 1. The van der Waals surface area contributed by atoms with Crippen LogP contribution in [0.3, 0.4) is 0 Å². The SMILES string of the molecule is C=CCN1C(=O)/C(=C/c2ccc(-c3nc4ccccc4s3)o2)SC1=Nc1ccc(S(=O)(=O)Nc2nccs2)cc1. The maximum absolute atomic E-state index is 13.2. The monoisotopic (exact) mass is 605 g/mol. The summed E-state index contributed by atoms with van der Waals surface area (Å²) in [6.07, 6.45) is 4.82. The lowest BCUT2D eigenvalue weighted by atomic mass is 10.3. The molecule has 1 aliphatic rings. The Kier molecular flexibility index (Phi) is 7.11. The molecule has 200 valence electrons. The van der Waals surface area contributed by atoms with Crippen molar-refractivity contribution in [3.8, 4) is 10.8 Å². The highest BCUT2D eigenvalue weighted by atomic mass is 32.2. The van der Waals surface area contributed by atoms with Crippen LogP contribution in [0.4, 0.5) is 10.8 Å². The van der Waals surface area contributed by atoms with Crippen LogP contribution < -0.4 is 4.72 Å². The summed E-state index contributed by atoms with van der Waals surface area (Å²) in [4.78, 5) is 28.4. The van der Waals surface area contributed by atoms with Gasteiger partial charge in [-0.3, -0.25) is 14.4 Å². The highest BCUT2D eigenvalue weighted by Gasteiger charge is 2.33. The molecule has 1 N–H and O–H groups in total. The molecule has 40 heavy (non-hydrogen) atoms. The van der Waals surface area contributed by atoms with Crippen LogP contribution in [-0.4, -0.2) is 40.9 Å². The number of fused-ring (bicyclic) bond motifs is 1. The summed E-state index contributed by atoms with van der Waals surface area (Å²) < 4.78 is 34.8. The van der Waals surface area contributed by atoms with Crippen molar-refractivity contribution in [1.29, 1.82) is 0 Å². The Labute approximate surface area is 241 Å². The number of amidine groups is 1. The molecule has 5 aromatic rings. The smallest absolute Gasteiger partial charge is 0.267 e.